The van der Waals surface area contributed by atoms with E-state index in [1.54, 1.807) is 15.6 Å². The lowest BCUT2D eigenvalue weighted by molar-refractivity contribution is 0.0376. The first-order valence-corrected chi connectivity index (χ1v) is 11.9. The van der Waals surface area contributed by atoms with E-state index in [1.807, 2.05) is 39.1 Å². The van der Waals surface area contributed by atoms with Gasteiger partial charge < -0.3 is 4.74 Å². The van der Waals surface area contributed by atoms with E-state index in [0.717, 1.165) is 55.0 Å². The number of nitrogens with zero attached hydrogens (tertiary/aromatic N) is 5. The van der Waals surface area contributed by atoms with E-state index in [1.165, 1.54) is 11.3 Å². The van der Waals surface area contributed by atoms with Crippen LogP contribution in [0.1, 0.15) is 42.4 Å². The summed E-state index contributed by atoms with van der Waals surface area (Å²) in [5.74, 6) is -0.130. The Balaban J connectivity index is 1.60. The second-order valence-electron chi connectivity index (χ2n) is 8.08. The van der Waals surface area contributed by atoms with Crippen LogP contribution in [0.15, 0.2) is 24.4 Å². The molecule has 0 radical (unpaired) electrons. The Kier molecular flexibility index (Phi) is 6.91. The second kappa shape index (κ2) is 9.65. The van der Waals surface area contributed by atoms with Crippen molar-refractivity contribution in [3.63, 3.8) is 0 Å². The molecule has 1 saturated heterocycles. The number of anilines is 1. The number of hydrogen-bond donors (Lipinski definition) is 0. The fraction of sp³-hybridized carbons (Fsp3) is 0.500. The maximum Gasteiger partial charge on any atom is 0.280 e. The number of halogens is 1. The zero-order valence-electron chi connectivity index (χ0n) is 18.2. The van der Waals surface area contributed by atoms with Gasteiger partial charge in [-0.1, -0.05) is 29.0 Å². The Morgan fingerprint density at radius 1 is 1.29 bits per heavy atom. The van der Waals surface area contributed by atoms with Crippen LogP contribution in [0.5, 0.6) is 0 Å². The van der Waals surface area contributed by atoms with Crippen molar-refractivity contribution in [3.05, 3.63) is 40.7 Å². The molecule has 0 atom stereocenters. The van der Waals surface area contributed by atoms with Crippen molar-refractivity contribution >= 4 is 44.2 Å². The van der Waals surface area contributed by atoms with Gasteiger partial charge in [-0.05, 0) is 44.9 Å². The molecule has 9 heteroatoms. The molecule has 1 aliphatic rings. The number of carbonyl (C=O) groups is 1. The Hall–Kier alpha value is -2.00. The number of rotatable bonds is 7. The molecule has 1 fully saturated rings. The van der Waals surface area contributed by atoms with Crippen molar-refractivity contribution in [2.24, 2.45) is 0 Å². The van der Waals surface area contributed by atoms with Crippen molar-refractivity contribution in [2.75, 3.05) is 44.3 Å². The SMILES string of the molecule is Cc1ccc(Cl)c2sc(N(CCCN3CCOCC3)C(=O)c3ccn(C(C)C)n3)nc12. The van der Waals surface area contributed by atoms with E-state index in [-0.39, 0.29) is 11.9 Å². The third-order valence-electron chi connectivity index (χ3n) is 5.48. The van der Waals surface area contributed by atoms with Crippen LogP contribution < -0.4 is 4.90 Å². The highest BCUT2D eigenvalue weighted by Gasteiger charge is 2.25. The van der Waals surface area contributed by atoms with Gasteiger partial charge in [0.15, 0.2) is 10.8 Å². The first-order valence-electron chi connectivity index (χ1n) is 10.7. The summed E-state index contributed by atoms with van der Waals surface area (Å²) in [7, 11) is 0. The largest absolute Gasteiger partial charge is 0.379 e. The lowest BCUT2D eigenvalue weighted by Gasteiger charge is -2.27. The summed E-state index contributed by atoms with van der Waals surface area (Å²) in [6.45, 7) is 11.0. The molecule has 1 aromatic carbocycles. The van der Waals surface area contributed by atoms with E-state index in [4.69, 9.17) is 21.3 Å². The van der Waals surface area contributed by atoms with Crippen LogP contribution in [0.3, 0.4) is 0 Å². The summed E-state index contributed by atoms with van der Waals surface area (Å²) >= 11 is 7.88. The zero-order chi connectivity index (χ0) is 22.0. The number of carbonyl (C=O) groups excluding carboxylic acids is 1. The number of aromatic nitrogens is 3. The molecule has 0 aliphatic carbocycles. The number of amides is 1. The van der Waals surface area contributed by atoms with E-state index in [0.29, 0.717) is 22.4 Å². The van der Waals surface area contributed by atoms with E-state index >= 15 is 0 Å². The Bertz CT molecular complexity index is 1020. The Labute approximate surface area is 191 Å². The van der Waals surface area contributed by atoms with Crippen LogP contribution in [-0.2, 0) is 4.74 Å². The zero-order valence-corrected chi connectivity index (χ0v) is 19.7. The van der Waals surface area contributed by atoms with Gasteiger partial charge in [0, 0.05) is 38.4 Å². The summed E-state index contributed by atoms with van der Waals surface area (Å²) in [6, 6.07) is 5.82. The van der Waals surface area contributed by atoms with Gasteiger partial charge in [-0.2, -0.15) is 5.10 Å². The number of aryl methyl sites for hydroxylation is 1. The maximum atomic E-state index is 13.5. The highest BCUT2D eigenvalue weighted by molar-refractivity contribution is 7.23. The molecule has 0 spiro atoms. The minimum atomic E-state index is -0.130. The predicted octanol–water partition coefficient (Wildman–Crippen LogP) is 4.40. The van der Waals surface area contributed by atoms with Crippen molar-refractivity contribution in [1.29, 1.82) is 0 Å². The molecule has 3 aromatic rings. The number of thiazole rings is 1. The van der Waals surface area contributed by atoms with Gasteiger partial charge in [-0.3, -0.25) is 19.3 Å². The summed E-state index contributed by atoms with van der Waals surface area (Å²) in [5.41, 5.74) is 2.33. The number of benzene rings is 1. The molecule has 4 rings (SSSR count). The Morgan fingerprint density at radius 3 is 2.74 bits per heavy atom. The molecule has 0 bridgehead atoms. The van der Waals surface area contributed by atoms with Gasteiger partial charge in [0.1, 0.15) is 0 Å². The van der Waals surface area contributed by atoms with Crippen LogP contribution in [-0.4, -0.2) is 65.0 Å². The highest BCUT2D eigenvalue weighted by atomic mass is 35.5. The molecule has 7 nitrogen and oxygen atoms in total. The maximum absolute atomic E-state index is 13.5. The fourth-order valence-electron chi connectivity index (χ4n) is 3.65. The molecular weight excluding hydrogens is 434 g/mol. The van der Waals surface area contributed by atoms with Crippen LogP contribution in [0, 0.1) is 6.92 Å². The molecule has 0 saturated carbocycles. The molecule has 0 N–H and O–H groups in total. The van der Waals surface area contributed by atoms with Crippen LogP contribution >= 0.6 is 22.9 Å². The van der Waals surface area contributed by atoms with Gasteiger partial charge in [-0.25, -0.2) is 4.98 Å². The van der Waals surface area contributed by atoms with Crippen molar-refractivity contribution in [3.8, 4) is 0 Å². The first-order chi connectivity index (χ1) is 14.9. The lowest BCUT2D eigenvalue weighted by atomic mass is 10.2. The first kappa shape index (κ1) is 22.2. The summed E-state index contributed by atoms with van der Waals surface area (Å²) in [4.78, 5) is 22.4. The lowest BCUT2D eigenvalue weighted by Crippen LogP contribution is -2.39. The second-order valence-corrected chi connectivity index (χ2v) is 9.46. The predicted molar refractivity (Wildman–Crippen MR) is 126 cm³/mol. The molecule has 2 aromatic heterocycles. The van der Waals surface area contributed by atoms with Gasteiger partial charge in [0.05, 0.1) is 28.5 Å². The van der Waals surface area contributed by atoms with Crippen LogP contribution in [0.2, 0.25) is 5.02 Å². The van der Waals surface area contributed by atoms with Crippen LogP contribution in [0.4, 0.5) is 5.13 Å². The third kappa shape index (κ3) is 4.92. The van der Waals surface area contributed by atoms with E-state index < -0.39 is 0 Å². The smallest absolute Gasteiger partial charge is 0.280 e. The van der Waals surface area contributed by atoms with E-state index in [2.05, 4.69) is 10.00 Å². The monoisotopic (exact) mass is 461 g/mol. The topological polar surface area (TPSA) is 63.5 Å². The van der Waals surface area contributed by atoms with Gasteiger partial charge in [-0.15, -0.1) is 0 Å². The number of fused-ring (bicyclic) bond motifs is 1. The number of morpholine rings is 1. The average Bonchev–Trinajstić information content (AvgIpc) is 3.43. The highest BCUT2D eigenvalue weighted by Crippen LogP contribution is 2.36. The number of hydrogen-bond acceptors (Lipinski definition) is 6. The molecule has 3 heterocycles. The average molecular weight is 462 g/mol. The molecule has 31 heavy (non-hydrogen) atoms. The number of ether oxygens (including phenoxy) is 1. The minimum Gasteiger partial charge on any atom is -0.379 e. The van der Waals surface area contributed by atoms with Crippen molar-refractivity contribution < 1.29 is 9.53 Å². The molecule has 166 valence electrons. The van der Waals surface area contributed by atoms with Gasteiger partial charge in [0.2, 0.25) is 0 Å². The van der Waals surface area contributed by atoms with E-state index in [9.17, 15) is 4.79 Å². The summed E-state index contributed by atoms with van der Waals surface area (Å²) in [6.07, 6.45) is 2.70. The van der Waals surface area contributed by atoms with Gasteiger partial charge >= 0.3 is 0 Å². The Morgan fingerprint density at radius 2 is 2.06 bits per heavy atom. The third-order valence-corrected chi connectivity index (χ3v) is 7.02. The summed E-state index contributed by atoms with van der Waals surface area (Å²) in [5, 5.41) is 5.82. The minimum absolute atomic E-state index is 0.130. The molecule has 1 amide bonds. The quantitative estimate of drug-likeness (QED) is 0.521. The molecular formula is C22H28ClN5O2S. The molecule has 0 unspecified atom stereocenters. The summed E-state index contributed by atoms with van der Waals surface area (Å²) < 4.78 is 8.15. The van der Waals surface area contributed by atoms with Crippen LogP contribution in [0.25, 0.3) is 10.2 Å². The molecule has 1 aliphatic heterocycles. The fourth-order valence-corrected chi connectivity index (χ4v) is 4.99. The van der Waals surface area contributed by atoms with Crippen molar-refractivity contribution in [2.45, 2.75) is 33.2 Å². The van der Waals surface area contributed by atoms with Gasteiger partial charge in [0.25, 0.3) is 5.91 Å². The standard InChI is InChI=1S/C22H28ClN5O2S/c1-15(2)28-10-7-18(25-28)21(29)27(9-4-8-26-11-13-30-14-12-26)22-24-19-16(3)5-6-17(23)20(19)31-22/h5-7,10,15H,4,8-9,11-14H2,1-3H3. The normalized spacial score (nSPS) is 15.1. The van der Waals surface area contributed by atoms with Crippen molar-refractivity contribution in [1.82, 2.24) is 19.7 Å².